The highest BCUT2D eigenvalue weighted by atomic mass is 16.7. The van der Waals surface area contributed by atoms with Gasteiger partial charge in [-0.25, -0.2) is 15.0 Å². The van der Waals surface area contributed by atoms with Crippen LogP contribution < -0.4 is 19.9 Å². The first-order valence-corrected chi connectivity index (χ1v) is 10.3. The molecule has 32 heavy (non-hydrogen) atoms. The van der Waals surface area contributed by atoms with Crippen LogP contribution in [0.4, 0.5) is 5.95 Å². The molecule has 5 rings (SSSR count). The van der Waals surface area contributed by atoms with Crippen LogP contribution in [0.15, 0.2) is 47.7 Å². The molecule has 0 bridgehead atoms. The van der Waals surface area contributed by atoms with Gasteiger partial charge >= 0.3 is 0 Å². The summed E-state index contributed by atoms with van der Waals surface area (Å²) in [6.45, 7) is 3.74. The highest BCUT2D eigenvalue weighted by molar-refractivity contribution is 5.95. The molecule has 2 aliphatic heterocycles. The van der Waals surface area contributed by atoms with Gasteiger partial charge in [0.2, 0.25) is 12.7 Å². The van der Waals surface area contributed by atoms with Crippen molar-refractivity contribution in [1.29, 1.82) is 0 Å². The number of carbonyl (C=O) groups is 1. The molecule has 4 heterocycles. The molecule has 10 nitrogen and oxygen atoms in total. The topological polar surface area (TPSA) is 103 Å². The number of hydrogen-bond acceptors (Lipinski definition) is 8. The molecule has 164 valence electrons. The van der Waals surface area contributed by atoms with Crippen LogP contribution in [0.1, 0.15) is 17.3 Å². The second kappa shape index (κ2) is 7.95. The Bertz CT molecular complexity index is 1230. The van der Waals surface area contributed by atoms with Gasteiger partial charge < -0.3 is 19.3 Å². The van der Waals surface area contributed by atoms with E-state index in [1.165, 1.54) is 17.0 Å². The molecule has 0 N–H and O–H groups in total. The molecule has 3 aromatic rings. The predicted molar refractivity (Wildman–Crippen MR) is 116 cm³/mol. The molecule has 10 heteroatoms. The minimum absolute atomic E-state index is 0.0412. The van der Waals surface area contributed by atoms with Gasteiger partial charge in [0.15, 0.2) is 11.5 Å². The number of aromatic nitrogens is 4. The van der Waals surface area contributed by atoms with Crippen molar-refractivity contribution in [3.8, 4) is 22.9 Å². The fourth-order valence-corrected chi connectivity index (χ4v) is 4.01. The van der Waals surface area contributed by atoms with Crippen molar-refractivity contribution in [3.05, 3.63) is 58.8 Å². The Morgan fingerprint density at radius 2 is 1.94 bits per heavy atom. The van der Waals surface area contributed by atoms with E-state index in [0.717, 1.165) is 0 Å². The number of amides is 1. The molecular weight excluding hydrogens is 412 g/mol. The van der Waals surface area contributed by atoms with Crippen LogP contribution in [0.25, 0.3) is 11.4 Å². The summed E-state index contributed by atoms with van der Waals surface area (Å²) in [5.74, 6) is 1.72. The van der Waals surface area contributed by atoms with Crippen molar-refractivity contribution in [2.45, 2.75) is 13.0 Å². The van der Waals surface area contributed by atoms with E-state index in [-0.39, 0.29) is 24.3 Å². The number of benzene rings is 1. The lowest BCUT2D eigenvalue weighted by atomic mass is 10.1. The number of fused-ring (bicyclic) bond motifs is 1. The standard InChI is InChI=1S/C22H22N6O4/c1-14-11-27(21(30)15-3-4-18-19(9-15)32-13-31-18)7-8-28(14)22-25-17(10-20(29)26(22)2)16-5-6-23-12-24-16/h3-6,9-10,12,14H,7-8,11,13H2,1-2H3/t14-/m1/s1. The predicted octanol–water partition coefficient (Wildman–Crippen LogP) is 1.32. The van der Waals surface area contributed by atoms with Gasteiger partial charge in [-0.1, -0.05) is 0 Å². The van der Waals surface area contributed by atoms with E-state index >= 15 is 0 Å². The maximum Gasteiger partial charge on any atom is 0.255 e. The number of ether oxygens (including phenoxy) is 2. The molecular formula is C22H22N6O4. The Kier molecular flexibility index (Phi) is 4.96. The van der Waals surface area contributed by atoms with E-state index < -0.39 is 0 Å². The van der Waals surface area contributed by atoms with Crippen LogP contribution in [0, 0.1) is 0 Å². The van der Waals surface area contributed by atoms with Gasteiger partial charge in [-0.3, -0.25) is 14.2 Å². The molecule has 0 unspecified atom stereocenters. The Hall–Kier alpha value is -3.95. The van der Waals surface area contributed by atoms with Gasteiger partial charge in [0.25, 0.3) is 11.5 Å². The molecule has 0 aliphatic carbocycles. The van der Waals surface area contributed by atoms with Gasteiger partial charge in [-0.2, -0.15) is 0 Å². The highest BCUT2D eigenvalue weighted by Crippen LogP contribution is 2.33. The minimum Gasteiger partial charge on any atom is -0.454 e. The van der Waals surface area contributed by atoms with E-state index in [0.29, 0.717) is 54.0 Å². The molecule has 0 spiro atoms. The molecule has 1 atom stereocenters. The van der Waals surface area contributed by atoms with Crippen molar-refractivity contribution in [2.75, 3.05) is 31.3 Å². The van der Waals surface area contributed by atoms with Crippen LogP contribution in [0.3, 0.4) is 0 Å². The zero-order chi connectivity index (χ0) is 22.2. The maximum atomic E-state index is 13.1. The van der Waals surface area contributed by atoms with Crippen LogP contribution in [-0.4, -0.2) is 62.8 Å². The fourth-order valence-electron chi connectivity index (χ4n) is 4.01. The average molecular weight is 434 g/mol. The van der Waals surface area contributed by atoms with Gasteiger partial charge in [-0.05, 0) is 31.2 Å². The van der Waals surface area contributed by atoms with E-state index in [1.54, 1.807) is 37.5 Å². The zero-order valence-corrected chi connectivity index (χ0v) is 17.8. The summed E-state index contributed by atoms with van der Waals surface area (Å²) < 4.78 is 12.2. The zero-order valence-electron chi connectivity index (χ0n) is 17.8. The first-order chi connectivity index (χ1) is 15.5. The van der Waals surface area contributed by atoms with E-state index in [2.05, 4.69) is 14.9 Å². The summed E-state index contributed by atoms with van der Waals surface area (Å²) in [5, 5.41) is 0. The third-order valence-corrected chi connectivity index (χ3v) is 5.75. The van der Waals surface area contributed by atoms with Gasteiger partial charge in [0.05, 0.1) is 11.4 Å². The SMILES string of the molecule is C[C@@H]1CN(C(=O)c2ccc3c(c2)OCO3)CCN1c1nc(-c2ccncn2)cc(=O)n1C. The van der Waals surface area contributed by atoms with Crippen molar-refractivity contribution < 1.29 is 14.3 Å². The number of hydrogen-bond donors (Lipinski definition) is 0. The number of piperazine rings is 1. The normalized spacial score (nSPS) is 17.5. The minimum atomic E-state index is -0.172. The van der Waals surface area contributed by atoms with Crippen molar-refractivity contribution in [1.82, 2.24) is 24.4 Å². The summed E-state index contributed by atoms with van der Waals surface area (Å²) in [7, 11) is 1.70. The number of anilines is 1. The van der Waals surface area contributed by atoms with Crippen LogP contribution in [0.5, 0.6) is 11.5 Å². The highest BCUT2D eigenvalue weighted by Gasteiger charge is 2.30. The Morgan fingerprint density at radius 3 is 2.72 bits per heavy atom. The summed E-state index contributed by atoms with van der Waals surface area (Å²) >= 11 is 0. The number of carbonyl (C=O) groups excluding carboxylic acids is 1. The van der Waals surface area contributed by atoms with Crippen molar-refractivity contribution in [2.24, 2.45) is 7.05 Å². The smallest absolute Gasteiger partial charge is 0.255 e. The third kappa shape index (κ3) is 3.53. The van der Waals surface area contributed by atoms with Gasteiger partial charge in [-0.15, -0.1) is 0 Å². The summed E-state index contributed by atoms with van der Waals surface area (Å²) in [6, 6.07) is 8.38. The Labute approximate surface area is 184 Å². The first kappa shape index (κ1) is 20.0. The number of rotatable bonds is 3. The largest absolute Gasteiger partial charge is 0.454 e. The maximum absolute atomic E-state index is 13.1. The van der Waals surface area contributed by atoms with E-state index in [4.69, 9.17) is 14.5 Å². The first-order valence-electron chi connectivity index (χ1n) is 10.3. The lowest BCUT2D eigenvalue weighted by Gasteiger charge is -2.40. The summed E-state index contributed by atoms with van der Waals surface area (Å²) in [4.78, 5) is 42.4. The molecule has 2 aliphatic rings. The lowest BCUT2D eigenvalue weighted by Crippen LogP contribution is -2.55. The Morgan fingerprint density at radius 1 is 1.09 bits per heavy atom. The van der Waals surface area contributed by atoms with Crippen LogP contribution in [-0.2, 0) is 7.05 Å². The van der Waals surface area contributed by atoms with Gasteiger partial charge in [0, 0.05) is 50.6 Å². The second-order valence-electron chi connectivity index (χ2n) is 7.79. The molecule has 1 amide bonds. The summed E-state index contributed by atoms with van der Waals surface area (Å²) in [6.07, 6.45) is 3.04. The molecule has 1 aromatic carbocycles. The van der Waals surface area contributed by atoms with Crippen molar-refractivity contribution in [3.63, 3.8) is 0 Å². The lowest BCUT2D eigenvalue weighted by molar-refractivity contribution is 0.0725. The molecule has 1 fully saturated rings. The number of nitrogens with zero attached hydrogens (tertiary/aromatic N) is 6. The molecule has 0 radical (unpaired) electrons. The third-order valence-electron chi connectivity index (χ3n) is 5.75. The van der Waals surface area contributed by atoms with Crippen LogP contribution >= 0.6 is 0 Å². The summed E-state index contributed by atoms with van der Waals surface area (Å²) in [5.41, 5.74) is 1.47. The van der Waals surface area contributed by atoms with E-state index in [1.807, 2.05) is 11.8 Å². The quantitative estimate of drug-likeness (QED) is 0.608. The second-order valence-corrected chi connectivity index (χ2v) is 7.79. The van der Waals surface area contributed by atoms with Gasteiger partial charge in [0.1, 0.15) is 6.33 Å². The fraction of sp³-hybridized carbons (Fsp3) is 0.318. The molecule has 2 aromatic heterocycles. The van der Waals surface area contributed by atoms with Crippen LogP contribution in [0.2, 0.25) is 0 Å². The average Bonchev–Trinajstić information content (AvgIpc) is 3.29. The van der Waals surface area contributed by atoms with E-state index in [9.17, 15) is 9.59 Å². The monoisotopic (exact) mass is 434 g/mol. The molecule has 1 saturated heterocycles. The van der Waals surface area contributed by atoms with Crippen molar-refractivity contribution >= 4 is 11.9 Å². The Balaban J connectivity index is 1.37. The molecule has 0 saturated carbocycles.